The Morgan fingerprint density at radius 1 is 1.12 bits per heavy atom. The van der Waals surface area contributed by atoms with E-state index in [-0.39, 0.29) is 48.2 Å². The largest absolute Gasteiger partial charge is 0.466 e. The van der Waals surface area contributed by atoms with Gasteiger partial charge in [0.25, 0.3) is 11.8 Å². The third kappa shape index (κ3) is 6.38. The number of aromatic nitrogens is 2. The molecule has 178 valence electrons. The van der Waals surface area contributed by atoms with E-state index in [0.717, 1.165) is 5.56 Å². The lowest BCUT2D eigenvalue weighted by Crippen LogP contribution is -2.33. The first-order chi connectivity index (χ1) is 16.3. The second-order valence-corrected chi connectivity index (χ2v) is 7.54. The van der Waals surface area contributed by atoms with Crippen molar-refractivity contribution in [2.24, 2.45) is 0 Å². The molecule has 0 saturated heterocycles. The fraction of sp³-hybridized carbons (Fsp3) is 0.217. The molecule has 0 bridgehead atoms. The SMILES string of the molecule is CCOC(=O)CCN(Cc1ccccc1)C(=O)c1cc(NC(=O)c2cc(F)c(F)cc2Cl)[nH]n1. The van der Waals surface area contributed by atoms with Crippen LogP contribution in [0, 0.1) is 11.6 Å². The Bertz CT molecular complexity index is 1190. The molecule has 1 heterocycles. The van der Waals surface area contributed by atoms with Gasteiger partial charge in [-0.3, -0.25) is 19.5 Å². The number of hydrogen-bond donors (Lipinski definition) is 2. The average Bonchev–Trinajstić information content (AvgIpc) is 3.27. The summed E-state index contributed by atoms with van der Waals surface area (Å²) in [6.07, 6.45) is -0.00490. The molecule has 0 radical (unpaired) electrons. The van der Waals surface area contributed by atoms with Crippen molar-refractivity contribution in [1.29, 1.82) is 0 Å². The number of halogens is 3. The Labute approximate surface area is 198 Å². The quantitative estimate of drug-likeness (QED) is 0.346. The summed E-state index contributed by atoms with van der Waals surface area (Å²) in [6.45, 7) is 2.23. The summed E-state index contributed by atoms with van der Waals surface area (Å²) in [5, 5.41) is 8.56. The molecule has 34 heavy (non-hydrogen) atoms. The van der Waals surface area contributed by atoms with Gasteiger partial charge in [0.2, 0.25) is 0 Å². The molecule has 1 aromatic heterocycles. The van der Waals surface area contributed by atoms with Gasteiger partial charge in [-0.25, -0.2) is 8.78 Å². The van der Waals surface area contributed by atoms with Crippen LogP contribution in [0.15, 0.2) is 48.5 Å². The van der Waals surface area contributed by atoms with Crippen molar-refractivity contribution in [1.82, 2.24) is 15.1 Å². The number of benzene rings is 2. The molecule has 3 aromatic rings. The second-order valence-electron chi connectivity index (χ2n) is 7.13. The van der Waals surface area contributed by atoms with Crippen LogP contribution in [-0.2, 0) is 16.1 Å². The molecule has 0 saturated carbocycles. The molecule has 2 N–H and O–H groups in total. The van der Waals surface area contributed by atoms with Crippen LogP contribution in [0.5, 0.6) is 0 Å². The van der Waals surface area contributed by atoms with E-state index in [9.17, 15) is 23.2 Å². The number of amides is 2. The first-order valence-electron chi connectivity index (χ1n) is 10.3. The summed E-state index contributed by atoms with van der Waals surface area (Å²) in [7, 11) is 0. The molecule has 0 aliphatic rings. The van der Waals surface area contributed by atoms with E-state index in [1.807, 2.05) is 30.3 Å². The van der Waals surface area contributed by atoms with Crippen molar-refractivity contribution in [3.63, 3.8) is 0 Å². The summed E-state index contributed by atoms with van der Waals surface area (Å²) in [5.41, 5.74) is 0.534. The number of anilines is 1. The van der Waals surface area contributed by atoms with E-state index >= 15 is 0 Å². The maximum atomic E-state index is 13.5. The van der Waals surface area contributed by atoms with Gasteiger partial charge in [-0.05, 0) is 24.6 Å². The van der Waals surface area contributed by atoms with Gasteiger partial charge >= 0.3 is 5.97 Å². The molecule has 0 aliphatic carbocycles. The van der Waals surface area contributed by atoms with Gasteiger partial charge < -0.3 is 15.0 Å². The second kappa shape index (κ2) is 11.4. The number of aromatic amines is 1. The van der Waals surface area contributed by atoms with E-state index < -0.39 is 29.4 Å². The van der Waals surface area contributed by atoms with Crippen LogP contribution in [0.3, 0.4) is 0 Å². The Hall–Kier alpha value is -3.79. The van der Waals surface area contributed by atoms with Crippen molar-refractivity contribution in [3.05, 3.63) is 82.0 Å². The smallest absolute Gasteiger partial charge is 0.307 e. The van der Waals surface area contributed by atoms with Crippen LogP contribution in [0.1, 0.15) is 39.8 Å². The average molecular weight is 491 g/mol. The zero-order valence-corrected chi connectivity index (χ0v) is 18.9. The molecule has 11 heteroatoms. The number of ether oxygens (including phenoxy) is 1. The van der Waals surface area contributed by atoms with E-state index in [1.54, 1.807) is 6.92 Å². The van der Waals surface area contributed by atoms with Gasteiger partial charge in [0, 0.05) is 19.2 Å². The van der Waals surface area contributed by atoms with Crippen LogP contribution >= 0.6 is 11.6 Å². The summed E-state index contributed by atoms with van der Waals surface area (Å²) < 4.78 is 31.7. The van der Waals surface area contributed by atoms with Crippen molar-refractivity contribution < 1.29 is 27.9 Å². The fourth-order valence-corrected chi connectivity index (χ4v) is 3.30. The van der Waals surface area contributed by atoms with E-state index in [0.29, 0.717) is 12.1 Å². The minimum Gasteiger partial charge on any atom is -0.466 e. The number of rotatable bonds is 9. The highest BCUT2D eigenvalue weighted by Gasteiger charge is 2.22. The van der Waals surface area contributed by atoms with Gasteiger partial charge in [0.1, 0.15) is 5.82 Å². The summed E-state index contributed by atoms with van der Waals surface area (Å²) >= 11 is 5.83. The molecule has 2 aromatic carbocycles. The maximum Gasteiger partial charge on any atom is 0.307 e. The fourth-order valence-electron chi connectivity index (χ4n) is 3.06. The molecular weight excluding hydrogens is 470 g/mol. The number of nitrogens with one attached hydrogen (secondary N) is 2. The van der Waals surface area contributed by atoms with Gasteiger partial charge in [0.05, 0.1) is 23.6 Å². The predicted molar refractivity (Wildman–Crippen MR) is 120 cm³/mol. The highest BCUT2D eigenvalue weighted by molar-refractivity contribution is 6.34. The number of hydrogen-bond acceptors (Lipinski definition) is 5. The van der Waals surface area contributed by atoms with E-state index in [2.05, 4.69) is 15.5 Å². The van der Waals surface area contributed by atoms with E-state index in [1.165, 1.54) is 11.0 Å². The topological polar surface area (TPSA) is 104 Å². The van der Waals surface area contributed by atoms with Crippen LogP contribution in [0.2, 0.25) is 5.02 Å². The zero-order chi connectivity index (χ0) is 24.7. The predicted octanol–water partition coefficient (Wildman–Crippen LogP) is 4.19. The van der Waals surface area contributed by atoms with Gasteiger partial charge in [0.15, 0.2) is 17.3 Å². The lowest BCUT2D eigenvalue weighted by Gasteiger charge is -2.21. The van der Waals surface area contributed by atoms with Crippen LogP contribution in [0.4, 0.5) is 14.6 Å². The minimum atomic E-state index is -1.23. The van der Waals surface area contributed by atoms with Gasteiger partial charge in [-0.1, -0.05) is 41.9 Å². The Morgan fingerprint density at radius 3 is 2.53 bits per heavy atom. The number of H-pyrrole nitrogens is 1. The molecular formula is C23H21ClF2N4O4. The van der Waals surface area contributed by atoms with Crippen molar-refractivity contribution >= 4 is 35.2 Å². The normalized spacial score (nSPS) is 10.6. The Kier molecular flexibility index (Phi) is 8.31. The zero-order valence-electron chi connectivity index (χ0n) is 18.1. The first-order valence-corrected chi connectivity index (χ1v) is 10.7. The monoisotopic (exact) mass is 490 g/mol. The molecule has 2 amide bonds. The molecule has 0 unspecified atom stereocenters. The minimum absolute atomic E-state index is 0.00490. The molecule has 0 fully saturated rings. The lowest BCUT2D eigenvalue weighted by molar-refractivity contribution is -0.143. The summed E-state index contributed by atoms with van der Waals surface area (Å²) in [4.78, 5) is 38.7. The number of carbonyl (C=O) groups is 3. The number of carbonyl (C=O) groups excluding carboxylic acids is 3. The summed E-state index contributed by atoms with van der Waals surface area (Å²) in [6, 6.07) is 11.8. The summed E-state index contributed by atoms with van der Waals surface area (Å²) in [5.74, 6) is -4.12. The highest BCUT2D eigenvalue weighted by Crippen LogP contribution is 2.21. The van der Waals surface area contributed by atoms with Gasteiger partial charge in [-0.15, -0.1) is 0 Å². The van der Waals surface area contributed by atoms with Crippen LogP contribution < -0.4 is 5.32 Å². The van der Waals surface area contributed by atoms with Crippen molar-refractivity contribution in [2.45, 2.75) is 19.9 Å². The van der Waals surface area contributed by atoms with Crippen molar-refractivity contribution in [3.8, 4) is 0 Å². The van der Waals surface area contributed by atoms with Crippen LogP contribution in [-0.4, -0.2) is 46.0 Å². The maximum absolute atomic E-state index is 13.5. The number of nitrogens with zero attached hydrogens (tertiary/aromatic N) is 2. The molecule has 8 nitrogen and oxygen atoms in total. The van der Waals surface area contributed by atoms with Crippen molar-refractivity contribution in [2.75, 3.05) is 18.5 Å². The molecule has 0 spiro atoms. The first kappa shape index (κ1) is 24.8. The van der Waals surface area contributed by atoms with Crippen LogP contribution in [0.25, 0.3) is 0 Å². The van der Waals surface area contributed by atoms with E-state index in [4.69, 9.17) is 16.3 Å². The lowest BCUT2D eigenvalue weighted by atomic mass is 10.2. The third-order valence-electron chi connectivity index (χ3n) is 4.69. The Morgan fingerprint density at radius 2 is 1.82 bits per heavy atom. The molecule has 3 rings (SSSR count). The molecule has 0 aliphatic heterocycles. The highest BCUT2D eigenvalue weighted by atomic mass is 35.5. The third-order valence-corrected chi connectivity index (χ3v) is 5.01. The number of esters is 1. The standard InChI is InChI=1S/C23H21ClF2N4O4/c1-2-34-21(31)8-9-30(13-14-6-4-3-5-7-14)23(33)19-12-20(29-28-19)27-22(32)15-10-17(25)18(26)11-16(15)24/h3-7,10-12H,2,8-9,13H2,1H3,(H2,27,28,29,32). The Balaban J connectivity index is 1.74. The van der Waals surface area contributed by atoms with Gasteiger partial charge in [-0.2, -0.15) is 5.10 Å². The molecule has 0 atom stereocenters.